The highest BCUT2D eigenvalue weighted by molar-refractivity contribution is 5.30. The summed E-state index contributed by atoms with van der Waals surface area (Å²) in [6.07, 6.45) is 6.13. The minimum absolute atomic E-state index is 0.244. The molecule has 1 aromatic carbocycles. The van der Waals surface area contributed by atoms with Gasteiger partial charge >= 0.3 is 0 Å². The van der Waals surface area contributed by atoms with E-state index in [0.29, 0.717) is 12.2 Å². The molecule has 1 aliphatic carbocycles. The van der Waals surface area contributed by atoms with Crippen LogP contribution in [0.3, 0.4) is 0 Å². The van der Waals surface area contributed by atoms with Gasteiger partial charge in [-0.25, -0.2) is 0 Å². The maximum atomic E-state index is 5.92. The van der Waals surface area contributed by atoms with Gasteiger partial charge in [0.15, 0.2) is 0 Å². The van der Waals surface area contributed by atoms with Crippen molar-refractivity contribution in [3.05, 3.63) is 35.4 Å². The molecule has 134 valence electrons. The molecule has 1 heterocycles. The molecule has 4 atom stereocenters. The predicted molar refractivity (Wildman–Crippen MR) is 102 cm³/mol. The number of benzene rings is 1. The second-order valence-electron chi connectivity index (χ2n) is 9.10. The van der Waals surface area contributed by atoms with E-state index in [0.717, 1.165) is 25.0 Å². The smallest absolute Gasteiger partial charge is 0.0678 e. The molecule has 0 N–H and O–H groups in total. The number of rotatable bonds is 2. The predicted octanol–water partition coefficient (Wildman–Crippen LogP) is 5.12. The fraction of sp³-hybridized carbons (Fsp3) is 0.727. The molecular weight excluding hydrogens is 294 g/mol. The van der Waals surface area contributed by atoms with Gasteiger partial charge in [0.1, 0.15) is 0 Å². The maximum absolute atomic E-state index is 5.92. The molecule has 24 heavy (non-hydrogen) atoms. The van der Waals surface area contributed by atoms with Gasteiger partial charge in [0, 0.05) is 19.1 Å². The Morgan fingerprint density at radius 3 is 2.17 bits per heavy atom. The van der Waals surface area contributed by atoms with Crippen molar-refractivity contribution in [2.75, 3.05) is 13.1 Å². The van der Waals surface area contributed by atoms with E-state index < -0.39 is 0 Å². The Hall–Kier alpha value is -0.860. The Morgan fingerprint density at radius 2 is 1.58 bits per heavy atom. The van der Waals surface area contributed by atoms with Crippen molar-refractivity contribution in [2.24, 2.45) is 0 Å². The normalized spacial score (nSPS) is 32.7. The lowest BCUT2D eigenvalue weighted by Gasteiger charge is -2.43. The zero-order chi connectivity index (χ0) is 17.3. The van der Waals surface area contributed by atoms with Gasteiger partial charge in [-0.05, 0) is 55.6 Å². The van der Waals surface area contributed by atoms with Crippen LogP contribution in [0.5, 0.6) is 0 Å². The summed E-state index contributed by atoms with van der Waals surface area (Å²) in [6, 6.07) is 10.2. The maximum Gasteiger partial charge on any atom is 0.0678 e. The molecule has 1 aromatic rings. The summed E-state index contributed by atoms with van der Waals surface area (Å²) in [7, 11) is 0. The van der Waals surface area contributed by atoms with E-state index in [1.807, 2.05) is 0 Å². The summed E-state index contributed by atoms with van der Waals surface area (Å²) in [4.78, 5) is 2.70. The Balaban J connectivity index is 1.67. The highest BCUT2D eigenvalue weighted by Crippen LogP contribution is 2.36. The van der Waals surface area contributed by atoms with Crippen molar-refractivity contribution in [2.45, 2.75) is 89.9 Å². The Bertz CT molecular complexity index is 520. The number of morpholine rings is 1. The lowest BCUT2D eigenvalue weighted by molar-refractivity contribution is -0.0848. The lowest BCUT2D eigenvalue weighted by Crippen LogP contribution is -2.51. The van der Waals surface area contributed by atoms with Gasteiger partial charge in [-0.15, -0.1) is 0 Å². The molecule has 2 unspecified atom stereocenters. The summed E-state index contributed by atoms with van der Waals surface area (Å²) in [6.45, 7) is 13.5. The van der Waals surface area contributed by atoms with Crippen LogP contribution in [0.15, 0.2) is 24.3 Å². The summed E-state index contributed by atoms with van der Waals surface area (Å²) in [5.74, 6) is 0.728. The minimum atomic E-state index is 0.244. The van der Waals surface area contributed by atoms with Crippen LogP contribution in [0.25, 0.3) is 0 Å². The minimum Gasteiger partial charge on any atom is -0.373 e. The molecule has 2 nitrogen and oxygen atoms in total. The highest BCUT2D eigenvalue weighted by atomic mass is 16.5. The fourth-order valence-corrected chi connectivity index (χ4v) is 4.57. The molecular formula is C22H35NO. The molecule has 2 fully saturated rings. The molecule has 1 aliphatic heterocycles. The molecule has 0 amide bonds. The SMILES string of the molecule is C[C@@H]1CN(C2CCCC(c3ccc(C(C)(C)C)cc3)C2)C[C@H](C)O1. The quantitative estimate of drug-likeness (QED) is 0.746. The standard InChI is InChI=1S/C22H35NO/c1-16-14-23(15-17(2)24-16)21-8-6-7-19(13-21)18-9-11-20(12-10-18)22(3,4)5/h9-12,16-17,19,21H,6-8,13-15H2,1-5H3/t16-,17+,19?,21?. The number of hydrogen-bond acceptors (Lipinski definition) is 2. The van der Waals surface area contributed by atoms with E-state index in [2.05, 4.69) is 63.8 Å². The van der Waals surface area contributed by atoms with Crippen LogP contribution in [0.2, 0.25) is 0 Å². The van der Waals surface area contributed by atoms with E-state index in [9.17, 15) is 0 Å². The summed E-state index contributed by atoms with van der Waals surface area (Å²) >= 11 is 0. The topological polar surface area (TPSA) is 12.5 Å². The van der Waals surface area contributed by atoms with Crippen molar-refractivity contribution in [1.29, 1.82) is 0 Å². The molecule has 2 aliphatic rings. The Morgan fingerprint density at radius 1 is 0.958 bits per heavy atom. The van der Waals surface area contributed by atoms with Crippen LogP contribution >= 0.6 is 0 Å². The average molecular weight is 330 g/mol. The van der Waals surface area contributed by atoms with Gasteiger partial charge in [0.25, 0.3) is 0 Å². The Labute approximate surface area is 148 Å². The van der Waals surface area contributed by atoms with Crippen LogP contribution in [0, 0.1) is 0 Å². The first-order chi connectivity index (χ1) is 11.3. The molecule has 0 aromatic heterocycles. The summed E-state index contributed by atoms with van der Waals surface area (Å²) in [5.41, 5.74) is 3.23. The van der Waals surface area contributed by atoms with E-state index in [1.165, 1.54) is 31.2 Å². The summed E-state index contributed by atoms with van der Waals surface area (Å²) < 4.78 is 5.92. The van der Waals surface area contributed by atoms with Crippen LogP contribution in [-0.2, 0) is 10.2 Å². The van der Waals surface area contributed by atoms with E-state index in [-0.39, 0.29) is 5.41 Å². The van der Waals surface area contributed by atoms with Gasteiger partial charge < -0.3 is 4.74 Å². The third-order valence-electron chi connectivity index (χ3n) is 5.86. The van der Waals surface area contributed by atoms with E-state index in [1.54, 1.807) is 5.56 Å². The van der Waals surface area contributed by atoms with Crippen molar-refractivity contribution >= 4 is 0 Å². The van der Waals surface area contributed by atoms with E-state index in [4.69, 9.17) is 4.74 Å². The van der Waals surface area contributed by atoms with Gasteiger partial charge in [-0.2, -0.15) is 0 Å². The van der Waals surface area contributed by atoms with Crippen LogP contribution in [0.4, 0.5) is 0 Å². The molecule has 2 heteroatoms. The van der Waals surface area contributed by atoms with Crippen LogP contribution in [0.1, 0.15) is 77.3 Å². The van der Waals surface area contributed by atoms with Gasteiger partial charge in [-0.1, -0.05) is 51.5 Å². The molecule has 0 radical (unpaired) electrons. The first-order valence-corrected chi connectivity index (χ1v) is 9.83. The highest BCUT2D eigenvalue weighted by Gasteiger charge is 2.32. The van der Waals surface area contributed by atoms with Crippen molar-refractivity contribution < 1.29 is 4.74 Å². The van der Waals surface area contributed by atoms with Gasteiger partial charge in [0.2, 0.25) is 0 Å². The molecule has 0 spiro atoms. The van der Waals surface area contributed by atoms with Gasteiger partial charge in [0.05, 0.1) is 12.2 Å². The third kappa shape index (κ3) is 4.21. The molecule has 1 saturated carbocycles. The fourth-order valence-electron chi connectivity index (χ4n) is 4.57. The molecule has 3 rings (SSSR count). The lowest BCUT2D eigenvalue weighted by atomic mass is 9.79. The second kappa shape index (κ2) is 7.17. The van der Waals surface area contributed by atoms with Crippen molar-refractivity contribution in [3.8, 4) is 0 Å². The third-order valence-corrected chi connectivity index (χ3v) is 5.86. The molecule has 1 saturated heterocycles. The Kier molecular flexibility index (Phi) is 5.36. The zero-order valence-electron chi connectivity index (χ0n) is 16.2. The number of nitrogens with zero attached hydrogens (tertiary/aromatic N) is 1. The first kappa shape index (κ1) is 17.9. The second-order valence-corrected chi connectivity index (χ2v) is 9.10. The van der Waals surface area contributed by atoms with Crippen LogP contribution < -0.4 is 0 Å². The molecule has 0 bridgehead atoms. The monoisotopic (exact) mass is 329 g/mol. The largest absolute Gasteiger partial charge is 0.373 e. The van der Waals surface area contributed by atoms with Gasteiger partial charge in [-0.3, -0.25) is 4.90 Å². The van der Waals surface area contributed by atoms with Crippen LogP contribution in [-0.4, -0.2) is 36.2 Å². The van der Waals surface area contributed by atoms with Crippen molar-refractivity contribution in [3.63, 3.8) is 0 Å². The summed E-state index contributed by atoms with van der Waals surface area (Å²) in [5, 5.41) is 0. The number of hydrogen-bond donors (Lipinski definition) is 0. The van der Waals surface area contributed by atoms with Crippen molar-refractivity contribution in [1.82, 2.24) is 4.90 Å². The average Bonchev–Trinajstić information content (AvgIpc) is 2.53. The van der Waals surface area contributed by atoms with E-state index >= 15 is 0 Å². The first-order valence-electron chi connectivity index (χ1n) is 9.83. The zero-order valence-corrected chi connectivity index (χ0v) is 16.2. The number of ether oxygens (including phenoxy) is 1.